The van der Waals surface area contributed by atoms with E-state index in [9.17, 15) is 18.8 Å². The first-order valence-electron chi connectivity index (χ1n) is 13.5. The summed E-state index contributed by atoms with van der Waals surface area (Å²) < 4.78 is 13.6. The molecule has 1 aromatic rings. The largest absolute Gasteiger partial charge is 1.00 e. The van der Waals surface area contributed by atoms with Crippen molar-refractivity contribution in [3.8, 4) is 0 Å². The van der Waals surface area contributed by atoms with Gasteiger partial charge in [0.1, 0.15) is 17.6 Å². The van der Waals surface area contributed by atoms with Gasteiger partial charge in [-0.25, -0.2) is 4.39 Å². The number of carbonyl (C=O) groups is 3. The van der Waals surface area contributed by atoms with Crippen LogP contribution in [0, 0.1) is 12.4 Å². The maximum absolute atomic E-state index is 13.6. The van der Waals surface area contributed by atoms with Gasteiger partial charge in [-0.2, -0.15) is 6.42 Å². The number of nitrogens with two attached hydrogens (primary N) is 2. The van der Waals surface area contributed by atoms with Gasteiger partial charge in [0.05, 0.1) is 6.04 Å². The van der Waals surface area contributed by atoms with Crippen molar-refractivity contribution >= 4 is 18.1 Å². The van der Waals surface area contributed by atoms with E-state index in [0.29, 0.717) is 25.8 Å². The van der Waals surface area contributed by atoms with Crippen LogP contribution in [0.1, 0.15) is 78.2 Å². The molecule has 2 aliphatic heterocycles. The van der Waals surface area contributed by atoms with Crippen molar-refractivity contribution in [1.29, 1.82) is 0 Å². The molecule has 0 aromatic heterocycles. The van der Waals surface area contributed by atoms with Gasteiger partial charge in [0, 0.05) is 26.4 Å². The van der Waals surface area contributed by atoms with Crippen LogP contribution in [0.25, 0.3) is 0 Å². The van der Waals surface area contributed by atoms with Crippen LogP contribution in [0.5, 0.6) is 0 Å². The number of hydrogen-bond acceptors (Lipinski definition) is 7. The zero-order chi connectivity index (χ0) is 28.7. The molecule has 0 saturated carbocycles. The Morgan fingerprint density at radius 2 is 1.87 bits per heavy atom. The molecular weight excluding hydrogens is 528 g/mol. The molecule has 3 rings (SSSR count). The van der Waals surface area contributed by atoms with Crippen LogP contribution in [0.15, 0.2) is 24.3 Å². The number of rotatable bonds is 7. The fourth-order valence-corrected chi connectivity index (χ4v) is 4.12. The van der Waals surface area contributed by atoms with Crippen molar-refractivity contribution in [1.82, 2.24) is 15.5 Å². The van der Waals surface area contributed by atoms with Gasteiger partial charge in [-0.1, -0.05) is 39.8 Å². The number of amides is 2. The maximum Gasteiger partial charge on any atom is 1.00 e. The molecule has 222 valence electrons. The minimum Gasteiger partial charge on any atom is -0.870 e. The van der Waals surface area contributed by atoms with Crippen LogP contribution in [0.4, 0.5) is 4.39 Å². The van der Waals surface area contributed by atoms with Crippen molar-refractivity contribution in [2.75, 3.05) is 27.2 Å². The topological polar surface area (TPSA) is 161 Å². The molecule has 0 bridgehead atoms. The van der Waals surface area contributed by atoms with E-state index < -0.39 is 5.54 Å². The van der Waals surface area contributed by atoms with E-state index in [1.54, 1.807) is 24.6 Å². The Morgan fingerprint density at radius 1 is 1.26 bits per heavy atom. The summed E-state index contributed by atoms with van der Waals surface area (Å²) in [5.41, 5.74) is 9.21. The quantitative estimate of drug-likeness (QED) is 0.203. The monoisotopic (exact) mass is 580 g/mol. The van der Waals surface area contributed by atoms with Gasteiger partial charge in [0.2, 0.25) is 11.8 Å². The number of aldehydes is 1. The average Bonchev–Trinajstić information content (AvgIpc) is 3.62. The number of unbranched alkanes of at least 4 members (excludes halogenated alkanes) is 1. The van der Waals surface area contributed by atoms with Crippen molar-refractivity contribution < 1.29 is 75.6 Å². The molecule has 2 amide bonds. The van der Waals surface area contributed by atoms with Crippen LogP contribution >= 0.6 is 0 Å². The first kappa shape index (κ1) is 45.2. The summed E-state index contributed by atoms with van der Waals surface area (Å²) >= 11 is 0. The Labute approximate surface area is 278 Å². The third kappa shape index (κ3) is 16.3. The summed E-state index contributed by atoms with van der Waals surface area (Å²) in [6, 6.07) is 6.07. The Morgan fingerprint density at radius 3 is 2.28 bits per heavy atom. The SMILES string of the molecule is CC.CCCC=O.CC[CH-]N.CN.CNC(=O)[C@]1(Cc2cccc(F)c2)CCCN1C(=O)C1CCCN1.[K+].[OH-]. The number of likely N-dealkylation sites (tertiary alicyclic amines) is 1. The third-order valence-corrected chi connectivity index (χ3v) is 5.79. The molecule has 2 saturated heterocycles. The molecule has 1 aromatic carbocycles. The number of halogens is 1. The average molecular weight is 581 g/mol. The Kier molecular flexibility index (Phi) is 33.3. The van der Waals surface area contributed by atoms with Crippen LogP contribution in [0.2, 0.25) is 0 Å². The molecule has 7 N–H and O–H groups in total. The summed E-state index contributed by atoms with van der Waals surface area (Å²) in [6.45, 7) is 11.0. The molecule has 0 aliphatic carbocycles. The number of hydrogen-bond donors (Lipinski definition) is 4. The smallest absolute Gasteiger partial charge is 0.870 e. The van der Waals surface area contributed by atoms with Gasteiger partial charge in [-0.15, -0.1) is 0 Å². The van der Waals surface area contributed by atoms with Crippen molar-refractivity contribution in [3.63, 3.8) is 0 Å². The normalized spacial score (nSPS) is 18.4. The van der Waals surface area contributed by atoms with E-state index >= 15 is 0 Å². The third-order valence-electron chi connectivity index (χ3n) is 5.79. The summed E-state index contributed by atoms with van der Waals surface area (Å²) in [5, 5.41) is 5.93. The van der Waals surface area contributed by atoms with Crippen molar-refractivity contribution in [2.45, 2.75) is 90.6 Å². The second-order valence-electron chi connectivity index (χ2n) is 8.26. The molecule has 2 atom stereocenters. The van der Waals surface area contributed by atoms with Crippen LogP contribution < -0.4 is 73.5 Å². The molecule has 39 heavy (non-hydrogen) atoms. The first-order chi connectivity index (χ1) is 17.9. The van der Waals surface area contributed by atoms with Gasteiger partial charge in [0.25, 0.3) is 0 Å². The number of nitrogens with one attached hydrogen (secondary N) is 2. The fraction of sp³-hybridized carbons (Fsp3) is 0.643. The number of nitrogens with zero attached hydrogens (tertiary/aromatic N) is 1. The maximum atomic E-state index is 13.6. The molecule has 1 unspecified atom stereocenters. The second-order valence-corrected chi connectivity index (χ2v) is 8.26. The summed E-state index contributed by atoms with van der Waals surface area (Å²) in [4.78, 5) is 36.8. The van der Waals surface area contributed by atoms with E-state index in [2.05, 4.69) is 16.4 Å². The number of likely N-dealkylation sites (N-methyl/N-ethyl adjacent to an activating group) is 1. The fourth-order valence-electron chi connectivity index (χ4n) is 4.12. The Balaban J connectivity index is -0.000000348. The molecule has 2 aliphatic rings. The molecular formula is C28H52FKN5O4-. The molecule has 2 heterocycles. The van der Waals surface area contributed by atoms with Gasteiger partial charge >= 0.3 is 51.4 Å². The van der Waals surface area contributed by atoms with E-state index in [1.165, 1.54) is 19.2 Å². The Hall–Kier alpha value is -0.764. The van der Waals surface area contributed by atoms with Crippen LogP contribution in [-0.4, -0.2) is 67.2 Å². The molecule has 2 fully saturated rings. The van der Waals surface area contributed by atoms with Gasteiger partial charge in [0.15, 0.2) is 0 Å². The van der Waals surface area contributed by atoms with E-state index in [4.69, 9.17) is 5.73 Å². The first-order valence-corrected chi connectivity index (χ1v) is 13.5. The Bertz CT molecular complexity index is 752. The molecule has 0 radical (unpaired) electrons. The zero-order valence-corrected chi connectivity index (χ0v) is 28.4. The summed E-state index contributed by atoms with van der Waals surface area (Å²) in [5.74, 6) is -0.506. The predicted molar refractivity (Wildman–Crippen MR) is 152 cm³/mol. The standard InChI is InChI=1S/C18H24FN3O2.C4H8O.C3H8N.C2H6.CH5N.K.H2O/c1-20-17(24)18(12-13-5-2-6-14(19)11-13)8-4-10-22(18)16(23)15-7-3-9-21-15;1-2-3-4-5;1-2-3-4;2*1-2;;/h2,5-6,11,15,21H,3-4,7-10,12H2,1H3,(H,20,24);4H,2-3H2,1H3;3H,2,4H2,1H3;1-2H3;2H2,1H3;;1H2/q;;-1;;;+1;/p-1/t15?,18-;;;;;;/m1....../s1. The second kappa shape index (κ2) is 28.8. The van der Waals surface area contributed by atoms with Crippen LogP contribution in [-0.2, 0) is 20.8 Å². The minimum atomic E-state index is -0.927. The van der Waals surface area contributed by atoms with Crippen molar-refractivity contribution in [3.05, 3.63) is 42.2 Å². The zero-order valence-electron chi connectivity index (χ0n) is 25.3. The van der Waals surface area contributed by atoms with Gasteiger partial charge in [-0.05, 0) is 63.4 Å². The van der Waals surface area contributed by atoms with Crippen molar-refractivity contribution in [2.24, 2.45) is 11.5 Å². The summed E-state index contributed by atoms with van der Waals surface area (Å²) in [6.07, 6.45) is 7.08. The van der Waals surface area contributed by atoms with E-state index in [-0.39, 0.29) is 80.5 Å². The number of carbonyl (C=O) groups excluding carboxylic acids is 3. The van der Waals surface area contributed by atoms with Gasteiger partial charge in [-0.3, -0.25) is 16.1 Å². The predicted octanol–water partition coefficient (Wildman–Crippen LogP) is 0.158. The van der Waals surface area contributed by atoms with Crippen LogP contribution in [0.3, 0.4) is 0 Å². The van der Waals surface area contributed by atoms with Gasteiger partial charge < -0.3 is 37.3 Å². The minimum absolute atomic E-state index is 0. The molecule has 9 nitrogen and oxygen atoms in total. The molecule has 11 heteroatoms. The number of benzene rings is 1. The van der Waals surface area contributed by atoms with E-state index in [0.717, 1.165) is 50.5 Å². The molecule has 0 spiro atoms. The van der Waals surface area contributed by atoms with E-state index in [1.807, 2.05) is 33.8 Å². The summed E-state index contributed by atoms with van der Waals surface area (Å²) in [7, 11) is 3.09.